The molecule has 2 rings (SSSR count). The number of fused-ring (bicyclic) bond motifs is 1. The molecule has 0 aliphatic heterocycles. The molecule has 3 nitrogen and oxygen atoms in total. The van der Waals surface area contributed by atoms with Gasteiger partial charge in [0, 0.05) is 15.5 Å². The number of aliphatic carboxylic acids is 1. The van der Waals surface area contributed by atoms with Crippen molar-refractivity contribution in [2.24, 2.45) is 0 Å². The molecule has 1 heterocycles. The molecule has 0 spiro atoms. The Hall–Kier alpha value is -1.20. The van der Waals surface area contributed by atoms with E-state index in [1.54, 1.807) is 11.3 Å². The Kier molecular flexibility index (Phi) is 3.36. The Bertz CT molecular complexity index is 545. The van der Waals surface area contributed by atoms with Crippen molar-refractivity contribution >= 4 is 38.2 Å². The van der Waals surface area contributed by atoms with Gasteiger partial charge in [-0.3, -0.25) is 9.00 Å². The van der Waals surface area contributed by atoms with E-state index >= 15 is 0 Å². The van der Waals surface area contributed by atoms with Crippen LogP contribution in [0.3, 0.4) is 0 Å². The third kappa shape index (κ3) is 2.48. The second-order valence-corrected chi connectivity index (χ2v) is 5.75. The summed E-state index contributed by atoms with van der Waals surface area (Å²) in [6.07, 6.45) is 0. The Morgan fingerprint density at radius 1 is 1.38 bits per heavy atom. The van der Waals surface area contributed by atoms with Crippen LogP contribution in [0.4, 0.5) is 0 Å². The number of carbonyl (C=O) groups is 1. The molecule has 1 unspecified atom stereocenters. The van der Waals surface area contributed by atoms with Gasteiger partial charge < -0.3 is 5.11 Å². The summed E-state index contributed by atoms with van der Waals surface area (Å²) in [5, 5.41) is 11.6. The first-order valence-electron chi connectivity index (χ1n) is 4.68. The van der Waals surface area contributed by atoms with Crippen LogP contribution in [0.2, 0.25) is 0 Å². The quantitative estimate of drug-likeness (QED) is 0.910. The third-order valence-electron chi connectivity index (χ3n) is 2.16. The summed E-state index contributed by atoms with van der Waals surface area (Å²) in [5.41, 5.74) is 0.972. The molecular formula is C11H10O3S2. The zero-order valence-corrected chi connectivity index (χ0v) is 10.0. The molecule has 0 bridgehead atoms. The molecule has 2 aromatic rings. The zero-order valence-electron chi connectivity index (χ0n) is 8.38. The molecule has 0 saturated carbocycles. The minimum atomic E-state index is -1.33. The fraction of sp³-hybridized carbons (Fsp3) is 0.182. The van der Waals surface area contributed by atoms with Crippen LogP contribution >= 0.6 is 11.3 Å². The number of hydrogen-bond donors (Lipinski definition) is 1. The smallest absolute Gasteiger partial charge is 0.316 e. The standard InChI is InChI=1S/C11H10O3S2/c12-11(13)7-16(14)6-8-5-15-10-4-2-1-3-9(8)10/h1-5H,6-7H2,(H,12,13). The highest BCUT2D eigenvalue weighted by Crippen LogP contribution is 2.26. The summed E-state index contributed by atoms with van der Waals surface area (Å²) in [6, 6.07) is 7.86. The Morgan fingerprint density at radius 3 is 2.88 bits per heavy atom. The first-order valence-corrected chi connectivity index (χ1v) is 7.05. The summed E-state index contributed by atoms with van der Waals surface area (Å²) in [4.78, 5) is 10.4. The minimum Gasteiger partial charge on any atom is -0.481 e. The summed E-state index contributed by atoms with van der Waals surface area (Å²) < 4.78 is 12.6. The second-order valence-electron chi connectivity index (χ2n) is 3.38. The van der Waals surface area contributed by atoms with E-state index in [0.717, 1.165) is 15.6 Å². The van der Waals surface area contributed by atoms with Gasteiger partial charge in [-0.1, -0.05) is 18.2 Å². The van der Waals surface area contributed by atoms with Crippen LogP contribution in [0.5, 0.6) is 0 Å². The molecule has 0 aliphatic rings. The van der Waals surface area contributed by atoms with E-state index < -0.39 is 16.8 Å². The second kappa shape index (κ2) is 4.76. The average Bonchev–Trinajstić information content (AvgIpc) is 2.61. The average molecular weight is 254 g/mol. The van der Waals surface area contributed by atoms with Crippen LogP contribution < -0.4 is 0 Å². The predicted molar refractivity (Wildman–Crippen MR) is 66.2 cm³/mol. The first-order chi connectivity index (χ1) is 7.66. The van der Waals surface area contributed by atoms with Crippen molar-refractivity contribution in [1.29, 1.82) is 0 Å². The maximum Gasteiger partial charge on any atom is 0.316 e. The SMILES string of the molecule is O=C(O)CS(=O)Cc1csc2ccccc12. The van der Waals surface area contributed by atoms with Crippen LogP contribution in [0, 0.1) is 0 Å². The maximum atomic E-state index is 11.5. The first kappa shape index (κ1) is 11.3. The molecule has 0 amide bonds. The van der Waals surface area contributed by atoms with Crippen molar-refractivity contribution in [3.05, 3.63) is 35.2 Å². The highest BCUT2D eigenvalue weighted by Gasteiger charge is 2.10. The molecule has 5 heteroatoms. The number of carboxylic acids is 1. The minimum absolute atomic E-state index is 0.288. The molecule has 1 N–H and O–H groups in total. The predicted octanol–water partition coefficient (Wildman–Crippen LogP) is 2.23. The lowest BCUT2D eigenvalue weighted by Crippen LogP contribution is -2.10. The fourth-order valence-electron chi connectivity index (χ4n) is 1.51. The van der Waals surface area contributed by atoms with Crippen molar-refractivity contribution < 1.29 is 14.1 Å². The Balaban J connectivity index is 2.21. The van der Waals surface area contributed by atoms with E-state index in [2.05, 4.69) is 0 Å². The van der Waals surface area contributed by atoms with Gasteiger partial charge in [0.1, 0.15) is 5.75 Å². The summed E-state index contributed by atoms with van der Waals surface area (Å²) in [7, 11) is -1.33. The van der Waals surface area contributed by atoms with E-state index in [1.165, 1.54) is 0 Å². The molecule has 1 aromatic carbocycles. The van der Waals surface area contributed by atoms with E-state index in [4.69, 9.17) is 5.11 Å². The third-order valence-corrected chi connectivity index (χ3v) is 4.38. The van der Waals surface area contributed by atoms with Crippen LogP contribution in [0.1, 0.15) is 5.56 Å². The van der Waals surface area contributed by atoms with E-state index in [0.29, 0.717) is 5.75 Å². The molecule has 1 aromatic heterocycles. The van der Waals surface area contributed by atoms with Crippen LogP contribution in [0.25, 0.3) is 10.1 Å². The van der Waals surface area contributed by atoms with Crippen LogP contribution in [0.15, 0.2) is 29.6 Å². The molecule has 0 saturated heterocycles. The van der Waals surface area contributed by atoms with Crippen molar-refractivity contribution in [2.45, 2.75) is 5.75 Å². The normalized spacial score (nSPS) is 12.8. The van der Waals surface area contributed by atoms with Crippen molar-refractivity contribution in [3.8, 4) is 0 Å². The van der Waals surface area contributed by atoms with Crippen LogP contribution in [-0.2, 0) is 21.3 Å². The van der Waals surface area contributed by atoms with Crippen molar-refractivity contribution in [1.82, 2.24) is 0 Å². The molecule has 84 valence electrons. The van der Waals surface area contributed by atoms with Gasteiger partial charge in [0.15, 0.2) is 0 Å². The van der Waals surface area contributed by atoms with Gasteiger partial charge in [0.25, 0.3) is 0 Å². The number of thiophene rings is 1. The summed E-state index contributed by atoms with van der Waals surface area (Å²) in [6.45, 7) is 0. The van der Waals surface area contributed by atoms with Gasteiger partial charge in [0.05, 0.1) is 5.75 Å². The molecular weight excluding hydrogens is 244 g/mol. The topological polar surface area (TPSA) is 54.4 Å². The van der Waals surface area contributed by atoms with Gasteiger partial charge >= 0.3 is 5.97 Å². The molecule has 1 atom stereocenters. The van der Waals surface area contributed by atoms with E-state index in [-0.39, 0.29) is 5.75 Å². The van der Waals surface area contributed by atoms with Gasteiger partial charge in [-0.05, 0) is 22.4 Å². The summed E-state index contributed by atoms with van der Waals surface area (Å²) in [5.74, 6) is -0.988. The Morgan fingerprint density at radius 2 is 2.12 bits per heavy atom. The van der Waals surface area contributed by atoms with Crippen molar-refractivity contribution in [2.75, 3.05) is 5.75 Å². The monoisotopic (exact) mass is 254 g/mol. The number of carboxylic acid groups (broad SMARTS) is 1. The van der Waals surface area contributed by atoms with E-state index in [1.807, 2.05) is 29.6 Å². The van der Waals surface area contributed by atoms with Gasteiger partial charge in [-0.2, -0.15) is 0 Å². The lowest BCUT2D eigenvalue weighted by atomic mass is 10.2. The van der Waals surface area contributed by atoms with Gasteiger partial charge in [-0.15, -0.1) is 11.3 Å². The summed E-state index contributed by atoms with van der Waals surface area (Å²) >= 11 is 1.59. The lowest BCUT2D eigenvalue weighted by Gasteiger charge is -1.98. The largest absolute Gasteiger partial charge is 0.481 e. The van der Waals surface area contributed by atoms with Crippen LogP contribution in [-0.4, -0.2) is 21.0 Å². The molecule has 0 aliphatic carbocycles. The molecule has 16 heavy (non-hydrogen) atoms. The fourth-order valence-corrected chi connectivity index (χ4v) is 3.54. The number of benzene rings is 1. The highest BCUT2D eigenvalue weighted by molar-refractivity contribution is 7.84. The van der Waals surface area contributed by atoms with E-state index in [9.17, 15) is 9.00 Å². The highest BCUT2D eigenvalue weighted by atomic mass is 32.2. The van der Waals surface area contributed by atoms with Gasteiger partial charge in [-0.25, -0.2) is 0 Å². The zero-order chi connectivity index (χ0) is 11.5. The van der Waals surface area contributed by atoms with Crippen molar-refractivity contribution in [3.63, 3.8) is 0 Å². The maximum absolute atomic E-state index is 11.5. The Labute approximate surface area is 99.2 Å². The number of hydrogen-bond acceptors (Lipinski definition) is 3. The number of rotatable bonds is 4. The lowest BCUT2D eigenvalue weighted by molar-refractivity contribution is -0.133. The van der Waals surface area contributed by atoms with Gasteiger partial charge in [0.2, 0.25) is 0 Å². The molecule has 0 radical (unpaired) electrons. The molecule has 0 fully saturated rings.